The topological polar surface area (TPSA) is 62.7 Å². The number of piperazine rings is 1. The van der Waals surface area contributed by atoms with Crippen LogP contribution in [0.4, 0.5) is 0 Å². The van der Waals surface area contributed by atoms with E-state index in [0.29, 0.717) is 0 Å². The predicted octanol–water partition coefficient (Wildman–Crippen LogP) is 0.907. The van der Waals surface area contributed by atoms with Crippen molar-refractivity contribution in [3.8, 4) is 0 Å². The molecule has 0 aliphatic carbocycles. The first kappa shape index (κ1) is 14.1. The molecule has 5 nitrogen and oxygen atoms in total. The average molecular weight is 265 g/mol. The van der Waals surface area contributed by atoms with Crippen LogP contribution in [0.15, 0.2) is 22.8 Å². The molecule has 0 spiro atoms. The van der Waals surface area contributed by atoms with Gasteiger partial charge in [0.25, 0.3) is 0 Å². The largest absolute Gasteiger partial charge is 0.468 e. The van der Waals surface area contributed by atoms with E-state index in [2.05, 4.69) is 4.90 Å². The Morgan fingerprint density at radius 1 is 1.37 bits per heavy atom. The van der Waals surface area contributed by atoms with Crippen molar-refractivity contribution in [2.45, 2.75) is 26.4 Å². The second-order valence-corrected chi connectivity index (χ2v) is 5.45. The number of nitrogens with two attached hydrogens (primary N) is 1. The maximum Gasteiger partial charge on any atom is 0.239 e. The van der Waals surface area contributed by atoms with Gasteiger partial charge in [-0.1, -0.05) is 13.8 Å². The molecule has 2 N–H and O–H groups in total. The lowest BCUT2D eigenvalue weighted by molar-refractivity contribution is -0.135. The molecule has 0 aromatic carbocycles. The van der Waals surface area contributed by atoms with Gasteiger partial charge < -0.3 is 15.1 Å². The molecule has 0 saturated carbocycles. The number of hydrogen-bond donors (Lipinski definition) is 1. The number of carbonyl (C=O) groups is 1. The maximum atomic E-state index is 12.1. The molecule has 1 aliphatic heterocycles. The minimum Gasteiger partial charge on any atom is -0.468 e. The minimum absolute atomic E-state index is 0.0765. The molecule has 1 aromatic rings. The third-order valence-corrected chi connectivity index (χ3v) is 3.65. The predicted molar refractivity (Wildman–Crippen MR) is 73.4 cm³/mol. The van der Waals surface area contributed by atoms with Crippen molar-refractivity contribution in [3.63, 3.8) is 0 Å². The summed E-state index contributed by atoms with van der Waals surface area (Å²) in [6, 6.07) is 3.50. The lowest BCUT2D eigenvalue weighted by Gasteiger charge is -2.36. The maximum absolute atomic E-state index is 12.1. The van der Waals surface area contributed by atoms with Gasteiger partial charge in [0.1, 0.15) is 5.76 Å². The van der Waals surface area contributed by atoms with Crippen LogP contribution >= 0.6 is 0 Å². The van der Waals surface area contributed by atoms with Crippen LogP contribution in [0.3, 0.4) is 0 Å². The molecule has 1 atom stereocenters. The van der Waals surface area contributed by atoms with Crippen LogP contribution in [-0.4, -0.2) is 47.9 Å². The fourth-order valence-corrected chi connectivity index (χ4v) is 2.25. The van der Waals surface area contributed by atoms with Crippen LogP contribution in [0.1, 0.15) is 19.6 Å². The molecule has 1 amide bonds. The fourth-order valence-electron chi connectivity index (χ4n) is 2.25. The summed E-state index contributed by atoms with van der Waals surface area (Å²) in [5, 5.41) is 0. The van der Waals surface area contributed by atoms with Gasteiger partial charge in [-0.05, 0) is 18.1 Å². The lowest BCUT2D eigenvalue weighted by Crippen LogP contribution is -2.54. The molecule has 2 heterocycles. The molecule has 106 valence electrons. The van der Waals surface area contributed by atoms with Crippen molar-refractivity contribution in [2.24, 2.45) is 11.7 Å². The van der Waals surface area contributed by atoms with Gasteiger partial charge in [-0.3, -0.25) is 9.69 Å². The van der Waals surface area contributed by atoms with Gasteiger partial charge in [0.15, 0.2) is 0 Å². The Morgan fingerprint density at radius 3 is 2.58 bits per heavy atom. The van der Waals surface area contributed by atoms with Crippen LogP contribution in [0, 0.1) is 5.92 Å². The van der Waals surface area contributed by atoms with Gasteiger partial charge >= 0.3 is 0 Å². The van der Waals surface area contributed by atoms with Gasteiger partial charge in [-0.15, -0.1) is 0 Å². The standard InChI is InChI=1S/C14H23N3O2/c1-11(2)13(15)14(18)17-7-5-16(6-8-17)10-12-4-3-9-19-12/h3-4,9,11,13H,5-8,10,15H2,1-2H3. The molecular formula is C14H23N3O2. The van der Waals surface area contributed by atoms with Crippen LogP contribution in [-0.2, 0) is 11.3 Å². The number of nitrogens with zero attached hydrogens (tertiary/aromatic N) is 2. The van der Waals surface area contributed by atoms with Crippen LogP contribution in [0.2, 0.25) is 0 Å². The summed E-state index contributed by atoms with van der Waals surface area (Å²) in [7, 11) is 0. The highest BCUT2D eigenvalue weighted by molar-refractivity contribution is 5.82. The molecule has 19 heavy (non-hydrogen) atoms. The summed E-state index contributed by atoms with van der Waals surface area (Å²) in [5.74, 6) is 1.24. The van der Waals surface area contributed by atoms with E-state index in [4.69, 9.17) is 10.2 Å². The Bertz CT molecular complexity index is 395. The minimum atomic E-state index is -0.378. The van der Waals surface area contributed by atoms with Crippen molar-refractivity contribution in [3.05, 3.63) is 24.2 Å². The molecule has 2 rings (SSSR count). The normalized spacial score (nSPS) is 18.8. The van der Waals surface area contributed by atoms with Gasteiger partial charge in [-0.25, -0.2) is 0 Å². The van der Waals surface area contributed by atoms with Gasteiger partial charge in [0, 0.05) is 26.2 Å². The highest BCUT2D eigenvalue weighted by Gasteiger charge is 2.26. The molecular weight excluding hydrogens is 242 g/mol. The summed E-state index contributed by atoms with van der Waals surface area (Å²) < 4.78 is 5.34. The zero-order valence-corrected chi connectivity index (χ0v) is 11.7. The number of amides is 1. The monoisotopic (exact) mass is 265 g/mol. The quantitative estimate of drug-likeness (QED) is 0.879. The van der Waals surface area contributed by atoms with E-state index in [1.807, 2.05) is 30.9 Å². The van der Waals surface area contributed by atoms with Gasteiger partial charge in [0.05, 0.1) is 18.8 Å². The van der Waals surface area contributed by atoms with Gasteiger partial charge in [0.2, 0.25) is 5.91 Å². The Kier molecular flexibility index (Phi) is 4.61. The van der Waals surface area contributed by atoms with E-state index in [1.54, 1.807) is 6.26 Å². The molecule has 1 unspecified atom stereocenters. The summed E-state index contributed by atoms with van der Waals surface area (Å²) in [5.41, 5.74) is 5.92. The Labute approximate surface area is 114 Å². The lowest BCUT2D eigenvalue weighted by atomic mass is 10.0. The van der Waals surface area contributed by atoms with E-state index in [1.165, 1.54) is 0 Å². The SMILES string of the molecule is CC(C)C(N)C(=O)N1CCN(Cc2ccco2)CC1. The van der Waals surface area contributed by atoms with Crippen molar-refractivity contribution in [1.29, 1.82) is 0 Å². The zero-order chi connectivity index (χ0) is 13.8. The Hall–Kier alpha value is -1.33. The van der Waals surface area contributed by atoms with Crippen molar-refractivity contribution in [1.82, 2.24) is 9.80 Å². The van der Waals surface area contributed by atoms with E-state index < -0.39 is 0 Å². The van der Waals surface area contributed by atoms with Gasteiger partial charge in [-0.2, -0.15) is 0 Å². The van der Waals surface area contributed by atoms with Crippen LogP contribution < -0.4 is 5.73 Å². The first-order chi connectivity index (χ1) is 9.08. The molecule has 0 radical (unpaired) electrons. The zero-order valence-electron chi connectivity index (χ0n) is 11.7. The van der Waals surface area contributed by atoms with Crippen molar-refractivity contribution in [2.75, 3.05) is 26.2 Å². The molecule has 0 bridgehead atoms. The summed E-state index contributed by atoms with van der Waals surface area (Å²) in [6.07, 6.45) is 1.69. The Balaban J connectivity index is 1.80. The first-order valence-electron chi connectivity index (χ1n) is 6.87. The third kappa shape index (κ3) is 3.58. The van der Waals surface area contributed by atoms with Crippen molar-refractivity contribution < 1.29 is 9.21 Å². The molecule has 1 aromatic heterocycles. The molecule has 1 aliphatic rings. The smallest absolute Gasteiger partial charge is 0.239 e. The molecule has 1 fully saturated rings. The number of rotatable bonds is 4. The molecule has 1 saturated heterocycles. The summed E-state index contributed by atoms with van der Waals surface area (Å²) in [6.45, 7) is 8.02. The summed E-state index contributed by atoms with van der Waals surface area (Å²) in [4.78, 5) is 16.3. The number of furan rings is 1. The molecule has 5 heteroatoms. The van der Waals surface area contributed by atoms with Crippen LogP contribution in [0.25, 0.3) is 0 Å². The Morgan fingerprint density at radius 2 is 2.05 bits per heavy atom. The average Bonchev–Trinajstić information content (AvgIpc) is 2.90. The highest BCUT2D eigenvalue weighted by atomic mass is 16.3. The van der Waals surface area contributed by atoms with E-state index in [0.717, 1.165) is 38.5 Å². The first-order valence-corrected chi connectivity index (χ1v) is 6.87. The highest BCUT2D eigenvalue weighted by Crippen LogP contribution is 2.11. The second-order valence-electron chi connectivity index (χ2n) is 5.45. The fraction of sp³-hybridized carbons (Fsp3) is 0.643. The van der Waals surface area contributed by atoms with Crippen molar-refractivity contribution >= 4 is 5.91 Å². The van der Waals surface area contributed by atoms with E-state index in [9.17, 15) is 4.79 Å². The van der Waals surface area contributed by atoms with E-state index >= 15 is 0 Å². The summed E-state index contributed by atoms with van der Waals surface area (Å²) >= 11 is 0. The second kappa shape index (κ2) is 6.21. The van der Waals surface area contributed by atoms with E-state index in [-0.39, 0.29) is 17.9 Å². The number of hydrogen-bond acceptors (Lipinski definition) is 4. The van der Waals surface area contributed by atoms with Crippen LogP contribution in [0.5, 0.6) is 0 Å². The third-order valence-electron chi connectivity index (χ3n) is 3.65. The number of carbonyl (C=O) groups excluding carboxylic acids is 1.